The van der Waals surface area contributed by atoms with Crippen LogP contribution in [-0.2, 0) is 38.1 Å². The summed E-state index contributed by atoms with van der Waals surface area (Å²) in [4.78, 5) is 45.9. The molecule has 0 aromatic rings. The van der Waals surface area contributed by atoms with Gasteiger partial charge in [-0.25, -0.2) is 14.4 Å². The SMILES string of the molecule is C=C(CC(=O)OC(C)C(=O)OCC)C(=O)OC(C)C(=O)OCC. The van der Waals surface area contributed by atoms with Gasteiger partial charge in [0, 0.05) is 5.57 Å². The maximum absolute atomic E-state index is 11.7. The van der Waals surface area contributed by atoms with Crippen molar-refractivity contribution < 1.29 is 38.1 Å². The molecule has 0 fully saturated rings. The Kier molecular flexibility index (Phi) is 9.29. The number of rotatable bonds is 9. The summed E-state index contributed by atoms with van der Waals surface area (Å²) in [6, 6.07) is 0. The lowest BCUT2D eigenvalue weighted by atomic mass is 10.2. The molecule has 0 aromatic carbocycles. The van der Waals surface area contributed by atoms with Crippen molar-refractivity contribution >= 4 is 23.9 Å². The molecule has 0 heterocycles. The van der Waals surface area contributed by atoms with Gasteiger partial charge < -0.3 is 18.9 Å². The van der Waals surface area contributed by atoms with E-state index in [9.17, 15) is 19.2 Å². The van der Waals surface area contributed by atoms with Crippen molar-refractivity contribution in [3.05, 3.63) is 12.2 Å². The molecule has 0 spiro atoms. The molecule has 2 atom stereocenters. The predicted octanol–water partition coefficient (Wildman–Crippen LogP) is 0.922. The average molecular weight is 330 g/mol. The third-order valence-electron chi connectivity index (χ3n) is 2.48. The maximum Gasteiger partial charge on any atom is 0.347 e. The van der Waals surface area contributed by atoms with E-state index >= 15 is 0 Å². The number of esters is 4. The van der Waals surface area contributed by atoms with Crippen molar-refractivity contribution in [3.8, 4) is 0 Å². The molecule has 0 N–H and O–H groups in total. The van der Waals surface area contributed by atoms with Gasteiger partial charge in [-0.2, -0.15) is 0 Å². The van der Waals surface area contributed by atoms with Gasteiger partial charge in [0.25, 0.3) is 0 Å². The molecule has 0 aliphatic heterocycles. The smallest absolute Gasteiger partial charge is 0.347 e. The molecule has 8 heteroatoms. The first-order valence-corrected chi connectivity index (χ1v) is 7.14. The fraction of sp³-hybridized carbons (Fsp3) is 0.600. The molecule has 130 valence electrons. The van der Waals surface area contributed by atoms with Crippen molar-refractivity contribution in [2.75, 3.05) is 13.2 Å². The molecular weight excluding hydrogens is 308 g/mol. The highest BCUT2D eigenvalue weighted by Gasteiger charge is 2.24. The summed E-state index contributed by atoms with van der Waals surface area (Å²) < 4.78 is 19.0. The average Bonchev–Trinajstić information content (AvgIpc) is 2.47. The summed E-state index contributed by atoms with van der Waals surface area (Å²) in [5.74, 6) is -3.15. The largest absolute Gasteiger partial charge is 0.463 e. The lowest BCUT2D eigenvalue weighted by Gasteiger charge is -2.14. The molecule has 0 aliphatic carbocycles. The van der Waals surface area contributed by atoms with Gasteiger partial charge >= 0.3 is 23.9 Å². The van der Waals surface area contributed by atoms with E-state index in [0.29, 0.717) is 0 Å². The highest BCUT2D eigenvalue weighted by atomic mass is 16.6. The topological polar surface area (TPSA) is 105 Å². The lowest BCUT2D eigenvalue weighted by molar-refractivity contribution is -0.167. The highest BCUT2D eigenvalue weighted by Crippen LogP contribution is 2.08. The second kappa shape index (κ2) is 10.4. The minimum Gasteiger partial charge on any atom is -0.463 e. The minimum atomic E-state index is -1.12. The zero-order valence-corrected chi connectivity index (χ0v) is 13.7. The molecule has 8 nitrogen and oxygen atoms in total. The van der Waals surface area contributed by atoms with Gasteiger partial charge in [0.05, 0.1) is 19.6 Å². The third-order valence-corrected chi connectivity index (χ3v) is 2.48. The third kappa shape index (κ3) is 7.98. The van der Waals surface area contributed by atoms with Crippen molar-refractivity contribution in [1.29, 1.82) is 0 Å². The molecule has 0 bridgehead atoms. The lowest BCUT2D eigenvalue weighted by Crippen LogP contribution is -2.29. The molecule has 2 unspecified atom stereocenters. The summed E-state index contributed by atoms with van der Waals surface area (Å²) >= 11 is 0. The Balaban J connectivity index is 4.36. The summed E-state index contributed by atoms with van der Waals surface area (Å²) in [6.07, 6.45) is -2.68. The van der Waals surface area contributed by atoms with E-state index in [-0.39, 0.29) is 18.8 Å². The normalized spacial score (nSPS) is 12.5. The monoisotopic (exact) mass is 330 g/mol. The van der Waals surface area contributed by atoms with Gasteiger partial charge in [-0.3, -0.25) is 4.79 Å². The van der Waals surface area contributed by atoms with Gasteiger partial charge in [0.15, 0.2) is 12.2 Å². The predicted molar refractivity (Wildman–Crippen MR) is 78.1 cm³/mol. The number of carbonyl (C=O) groups is 4. The molecule has 0 radical (unpaired) electrons. The quantitative estimate of drug-likeness (QED) is 0.349. The first-order valence-electron chi connectivity index (χ1n) is 7.14. The Morgan fingerprint density at radius 2 is 1.30 bits per heavy atom. The molecule has 0 saturated heterocycles. The van der Waals surface area contributed by atoms with Crippen LogP contribution in [0.25, 0.3) is 0 Å². The highest BCUT2D eigenvalue weighted by molar-refractivity contribution is 5.95. The van der Waals surface area contributed by atoms with Crippen LogP contribution >= 0.6 is 0 Å². The summed E-state index contributed by atoms with van der Waals surface area (Å²) in [5, 5.41) is 0. The molecule has 0 aliphatic rings. The van der Waals surface area contributed by atoms with E-state index in [1.165, 1.54) is 13.8 Å². The van der Waals surface area contributed by atoms with E-state index in [4.69, 9.17) is 9.47 Å². The van der Waals surface area contributed by atoms with Crippen LogP contribution in [0.3, 0.4) is 0 Å². The van der Waals surface area contributed by atoms with Crippen LogP contribution in [0.5, 0.6) is 0 Å². The van der Waals surface area contributed by atoms with Crippen LogP contribution in [-0.4, -0.2) is 49.3 Å². The van der Waals surface area contributed by atoms with Gasteiger partial charge in [0.1, 0.15) is 0 Å². The summed E-state index contributed by atoms with van der Waals surface area (Å²) in [6.45, 7) is 9.63. The van der Waals surface area contributed by atoms with Crippen LogP contribution in [0.4, 0.5) is 0 Å². The molecule has 0 amide bonds. The van der Waals surface area contributed by atoms with Crippen molar-refractivity contribution in [1.82, 2.24) is 0 Å². The van der Waals surface area contributed by atoms with Crippen molar-refractivity contribution in [2.24, 2.45) is 0 Å². The second-order valence-electron chi connectivity index (χ2n) is 4.46. The minimum absolute atomic E-state index is 0.153. The molecular formula is C15H22O8. The van der Waals surface area contributed by atoms with E-state index in [2.05, 4.69) is 16.1 Å². The van der Waals surface area contributed by atoms with Gasteiger partial charge in [0.2, 0.25) is 0 Å². The maximum atomic E-state index is 11.7. The zero-order valence-electron chi connectivity index (χ0n) is 13.7. The number of hydrogen-bond donors (Lipinski definition) is 0. The second-order valence-corrected chi connectivity index (χ2v) is 4.46. The Bertz CT molecular complexity index is 468. The van der Waals surface area contributed by atoms with Gasteiger partial charge in [-0.15, -0.1) is 0 Å². The Morgan fingerprint density at radius 3 is 1.74 bits per heavy atom. The number of carbonyl (C=O) groups excluding carboxylic acids is 4. The van der Waals surface area contributed by atoms with Crippen molar-refractivity contribution in [3.63, 3.8) is 0 Å². The summed E-state index contributed by atoms with van der Waals surface area (Å²) in [5.41, 5.74) is -0.206. The van der Waals surface area contributed by atoms with Gasteiger partial charge in [-0.05, 0) is 27.7 Å². The van der Waals surface area contributed by atoms with E-state index in [1.807, 2.05) is 0 Å². The molecule has 0 aromatic heterocycles. The standard InChI is InChI=1S/C15H22O8/c1-6-20-14(18)10(4)22-12(16)8-9(3)13(17)23-11(5)15(19)21-7-2/h10-11H,3,6-8H2,1-2,4-5H3. The number of hydrogen-bond acceptors (Lipinski definition) is 8. The van der Waals surface area contributed by atoms with E-state index in [1.54, 1.807) is 13.8 Å². The first-order chi connectivity index (χ1) is 10.7. The molecule has 23 heavy (non-hydrogen) atoms. The fourth-order valence-electron chi connectivity index (χ4n) is 1.34. The Labute approximate surface area is 134 Å². The van der Waals surface area contributed by atoms with Crippen LogP contribution in [0.1, 0.15) is 34.1 Å². The van der Waals surface area contributed by atoms with Crippen LogP contribution in [0.2, 0.25) is 0 Å². The van der Waals surface area contributed by atoms with Crippen molar-refractivity contribution in [2.45, 2.75) is 46.3 Å². The van der Waals surface area contributed by atoms with Crippen LogP contribution < -0.4 is 0 Å². The number of ether oxygens (including phenoxy) is 4. The Hall–Kier alpha value is -2.38. The van der Waals surface area contributed by atoms with E-state index in [0.717, 1.165) is 0 Å². The molecule has 0 rings (SSSR count). The van der Waals surface area contributed by atoms with Gasteiger partial charge in [-0.1, -0.05) is 6.58 Å². The van der Waals surface area contributed by atoms with Crippen LogP contribution in [0, 0.1) is 0 Å². The molecule has 0 saturated carbocycles. The first kappa shape index (κ1) is 20.6. The Morgan fingerprint density at radius 1 is 0.870 bits per heavy atom. The fourth-order valence-corrected chi connectivity index (χ4v) is 1.34. The van der Waals surface area contributed by atoms with Crippen LogP contribution in [0.15, 0.2) is 12.2 Å². The summed E-state index contributed by atoms with van der Waals surface area (Å²) in [7, 11) is 0. The van der Waals surface area contributed by atoms with E-state index < -0.39 is 42.5 Å². The zero-order chi connectivity index (χ0) is 18.0.